The molecule has 2 bridgehead atoms. The lowest BCUT2D eigenvalue weighted by molar-refractivity contribution is -0.153. The zero-order valence-corrected chi connectivity index (χ0v) is 18.3. The largest absolute Gasteiger partial charge is 0.451 e. The van der Waals surface area contributed by atoms with Crippen LogP contribution in [0.4, 0.5) is 0 Å². The lowest BCUT2D eigenvalue weighted by atomic mass is 9.58. The third-order valence-electron chi connectivity index (χ3n) is 7.78. The number of Topliss-reactive ketones (excluding diaryl/α,β-unsaturated/α-hetero) is 1. The Kier molecular flexibility index (Phi) is 4.51. The Morgan fingerprint density at radius 2 is 1.27 bits per heavy atom. The van der Waals surface area contributed by atoms with E-state index in [9.17, 15) is 9.59 Å². The van der Waals surface area contributed by atoms with Crippen LogP contribution >= 0.6 is 0 Å². The second kappa shape index (κ2) is 5.68. The van der Waals surface area contributed by atoms with Gasteiger partial charge in [-0.25, -0.2) is 4.79 Å². The van der Waals surface area contributed by atoms with Gasteiger partial charge in [0.05, 0.1) is 0 Å². The Bertz CT molecular complexity index is 784. The summed E-state index contributed by atoms with van der Waals surface area (Å²) >= 11 is 0. The van der Waals surface area contributed by atoms with E-state index in [2.05, 4.69) is 27.7 Å². The smallest absolute Gasteiger partial charge is 0.335 e. The van der Waals surface area contributed by atoms with Crippen LogP contribution in [-0.4, -0.2) is 17.4 Å². The zero-order valence-electron chi connectivity index (χ0n) is 18.3. The molecule has 1 unspecified atom stereocenters. The number of ketones is 1. The number of hydrogen-bond donors (Lipinski definition) is 0. The van der Waals surface area contributed by atoms with Crippen molar-refractivity contribution < 1.29 is 14.3 Å². The van der Waals surface area contributed by atoms with E-state index < -0.39 is 16.4 Å². The molecule has 0 aromatic heterocycles. The highest BCUT2D eigenvalue weighted by Crippen LogP contribution is 2.57. The van der Waals surface area contributed by atoms with Crippen LogP contribution in [-0.2, 0) is 14.3 Å². The molecule has 3 heteroatoms. The van der Waals surface area contributed by atoms with Crippen molar-refractivity contribution in [3.63, 3.8) is 0 Å². The fourth-order valence-electron chi connectivity index (χ4n) is 4.50. The van der Waals surface area contributed by atoms with Crippen molar-refractivity contribution >= 4 is 11.8 Å². The number of rotatable bonds is 0. The molecular formula is C23H34O3. The van der Waals surface area contributed by atoms with E-state index in [1.54, 1.807) is 0 Å². The van der Waals surface area contributed by atoms with Crippen LogP contribution in [0.3, 0.4) is 0 Å². The Hall–Kier alpha value is -1.64. The van der Waals surface area contributed by atoms with Gasteiger partial charge in [0.1, 0.15) is 5.60 Å². The first-order valence-corrected chi connectivity index (χ1v) is 9.39. The molecule has 0 aromatic rings. The van der Waals surface area contributed by atoms with Crippen LogP contribution in [0.5, 0.6) is 0 Å². The summed E-state index contributed by atoms with van der Waals surface area (Å²) in [7, 11) is 0. The van der Waals surface area contributed by atoms with Crippen LogP contribution in [0.25, 0.3) is 0 Å². The predicted molar refractivity (Wildman–Crippen MR) is 106 cm³/mol. The number of fused-ring (bicyclic) bond motifs is 1. The number of ether oxygens (including phenoxy) is 1. The number of carbonyl (C=O) groups excluding carboxylic acids is 2. The van der Waals surface area contributed by atoms with Crippen LogP contribution in [0.2, 0.25) is 0 Å². The van der Waals surface area contributed by atoms with Gasteiger partial charge in [-0.15, -0.1) is 0 Å². The molecule has 1 heterocycles. The molecule has 3 nitrogen and oxygen atoms in total. The first kappa shape index (κ1) is 20.7. The van der Waals surface area contributed by atoms with E-state index in [-0.39, 0.29) is 17.2 Å². The van der Waals surface area contributed by atoms with E-state index >= 15 is 0 Å². The second-order valence-corrected chi connectivity index (χ2v) is 9.80. The van der Waals surface area contributed by atoms with Crippen molar-refractivity contribution in [2.75, 3.05) is 0 Å². The number of hydrogen-bond acceptors (Lipinski definition) is 3. The van der Waals surface area contributed by atoms with Gasteiger partial charge in [0.2, 0.25) is 0 Å². The van der Waals surface area contributed by atoms with Gasteiger partial charge in [-0.3, -0.25) is 4.79 Å². The monoisotopic (exact) mass is 358 g/mol. The normalized spacial score (nSPS) is 30.8. The number of esters is 1. The number of allylic oxidation sites excluding steroid dienone is 3. The van der Waals surface area contributed by atoms with Gasteiger partial charge in [0.15, 0.2) is 5.78 Å². The summed E-state index contributed by atoms with van der Waals surface area (Å²) in [5, 5.41) is 0. The number of carbonyl (C=O) groups is 2. The van der Waals surface area contributed by atoms with E-state index in [1.165, 1.54) is 0 Å². The predicted octanol–water partition coefficient (Wildman–Crippen LogP) is 5.56. The quantitative estimate of drug-likeness (QED) is 0.532. The van der Waals surface area contributed by atoms with Crippen LogP contribution in [0, 0.1) is 16.2 Å². The molecule has 0 amide bonds. The molecule has 0 radical (unpaired) electrons. The van der Waals surface area contributed by atoms with E-state index in [1.807, 2.05) is 54.5 Å². The molecule has 0 spiro atoms. The first-order valence-electron chi connectivity index (χ1n) is 9.39. The minimum absolute atomic E-state index is 0.0646. The Morgan fingerprint density at radius 1 is 0.769 bits per heavy atom. The van der Waals surface area contributed by atoms with Crippen molar-refractivity contribution in [2.24, 2.45) is 16.2 Å². The standard InChI is InChI=1S/C23H34O3/c1-13-12-20(5,6)23(11)16(4)17(19(25)26-23)22(9,10)21(7,8)15(3)14(2)18(13)24/h12H,1-11H3. The van der Waals surface area contributed by atoms with Crippen LogP contribution in [0.1, 0.15) is 76.2 Å². The molecule has 144 valence electrons. The molecule has 2 aliphatic rings. The van der Waals surface area contributed by atoms with Crippen molar-refractivity contribution in [2.45, 2.75) is 81.8 Å². The van der Waals surface area contributed by atoms with Gasteiger partial charge < -0.3 is 4.74 Å². The molecule has 1 atom stereocenters. The van der Waals surface area contributed by atoms with Gasteiger partial charge >= 0.3 is 5.97 Å². The fraction of sp³-hybridized carbons (Fsp3) is 0.652. The highest BCUT2D eigenvalue weighted by molar-refractivity contribution is 6.08. The maximum atomic E-state index is 13.1. The Labute approximate surface area is 158 Å². The average molecular weight is 359 g/mol. The highest BCUT2D eigenvalue weighted by atomic mass is 16.6. The third kappa shape index (κ3) is 2.46. The molecule has 1 aliphatic carbocycles. The van der Waals surface area contributed by atoms with Crippen molar-refractivity contribution in [3.8, 4) is 0 Å². The highest BCUT2D eigenvalue weighted by Gasteiger charge is 2.57. The van der Waals surface area contributed by atoms with E-state index in [0.29, 0.717) is 5.57 Å². The Morgan fingerprint density at radius 3 is 1.77 bits per heavy atom. The van der Waals surface area contributed by atoms with Gasteiger partial charge in [-0.2, -0.15) is 0 Å². The van der Waals surface area contributed by atoms with Crippen LogP contribution in [0.15, 0.2) is 33.9 Å². The van der Waals surface area contributed by atoms with E-state index in [4.69, 9.17) is 4.74 Å². The van der Waals surface area contributed by atoms with Crippen LogP contribution < -0.4 is 0 Å². The lowest BCUT2D eigenvalue weighted by Crippen LogP contribution is -2.43. The van der Waals surface area contributed by atoms with Crippen molar-refractivity contribution in [1.82, 2.24) is 0 Å². The molecule has 0 saturated carbocycles. The minimum atomic E-state index is -0.777. The molecule has 0 saturated heterocycles. The minimum Gasteiger partial charge on any atom is -0.451 e. The zero-order chi connectivity index (χ0) is 20.5. The maximum absolute atomic E-state index is 13.1. The summed E-state index contributed by atoms with van der Waals surface area (Å²) in [6, 6.07) is 0. The fourth-order valence-corrected chi connectivity index (χ4v) is 4.50. The van der Waals surface area contributed by atoms with Gasteiger partial charge in [0.25, 0.3) is 0 Å². The van der Waals surface area contributed by atoms with Gasteiger partial charge in [-0.1, -0.05) is 53.2 Å². The third-order valence-corrected chi connectivity index (χ3v) is 7.78. The summed E-state index contributed by atoms with van der Waals surface area (Å²) in [5.74, 6) is -0.172. The van der Waals surface area contributed by atoms with Crippen molar-refractivity contribution in [3.05, 3.63) is 33.9 Å². The first-order chi connectivity index (χ1) is 11.5. The molecule has 26 heavy (non-hydrogen) atoms. The summed E-state index contributed by atoms with van der Waals surface area (Å²) < 4.78 is 6.00. The van der Waals surface area contributed by atoms with Gasteiger partial charge in [-0.05, 0) is 56.8 Å². The van der Waals surface area contributed by atoms with Crippen molar-refractivity contribution in [1.29, 1.82) is 0 Å². The van der Waals surface area contributed by atoms with E-state index in [0.717, 1.165) is 22.3 Å². The second-order valence-electron chi connectivity index (χ2n) is 9.80. The topological polar surface area (TPSA) is 43.4 Å². The molecule has 0 N–H and O–H groups in total. The maximum Gasteiger partial charge on any atom is 0.335 e. The molecule has 2 rings (SSSR count). The summed E-state index contributed by atoms with van der Waals surface area (Å²) in [5.41, 5.74) is 2.03. The Balaban J connectivity index is 2.99. The summed E-state index contributed by atoms with van der Waals surface area (Å²) in [4.78, 5) is 26.1. The molecule has 0 fully saturated rings. The molecule has 0 aromatic carbocycles. The SMILES string of the molecule is CC1=CC(C)(C)C2(C)OC(=O)C(=C2C)C(C)(C)C(C)(C)C(C)=C(C)C1=O. The lowest BCUT2D eigenvalue weighted by Gasteiger charge is -2.44. The summed E-state index contributed by atoms with van der Waals surface area (Å²) in [6.07, 6.45) is 1.97. The molecule has 1 aliphatic heterocycles. The average Bonchev–Trinajstić information content (AvgIpc) is 2.74. The summed E-state index contributed by atoms with van der Waals surface area (Å²) in [6.45, 7) is 22.2. The van der Waals surface area contributed by atoms with Gasteiger partial charge in [0, 0.05) is 16.4 Å². The molecular weight excluding hydrogens is 324 g/mol.